The SMILES string of the molecule is CCCC(N)C(O)CCc1cc(C(F)(F)F)ccc1OCC. The van der Waals surface area contributed by atoms with Gasteiger partial charge in [-0.3, -0.25) is 0 Å². The summed E-state index contributed by atoms with van der Waals surface area (Å²) < 4.78 is 43.8. The third-order valence-electron chi connectivity index (χ3n) is 3.51. The maximum atomic E-state index is 12.8. The van der Waals surface area contributed by atoms with Crippen molar-refractivity contribution in [1.82, 2.24) is 0 Å². The molecule has 0 bridgehead atoms. The van der Waals surface area contributed by atoms with E-state index >= 15 is 0 Å². The summed E-state index contributed by atoms with van der Waals surface area (Å²) in [5.41, 5.74) is 5.56. The fourth-order valence-electron chi connectivity index (χ4n) is 2.29. The van der Waals surface area contributed by atoms with Gasteiger partial charge in [-0.2, -0.15) is 13.2 Å². The molecule has 0 saturated carbocycles. The Kier molecular flexibility index (Phi) is 7.16. The monoisotopic (exact) mass is 319 g/mol. The second kappa shape index (κ2) is 8.39. The van der Waals surface area contributed by atoms with Crippen molar-refractivity contribution < 1.29 is 23.0 Å². The third kappa shape index (κ3) is 5.50. The number of aliphatic hydroxyl groups is 1. The number of ether oxygens (including phenoxy) is 1. The molecule has 2 unspecified atom stereocenters. The van der Waals surface area contributed by atoms with Gasteiger partial charge in [0.15, 0.2) is 0 Å². The highest BCUT2D eigenvalue weighted by Crippen LogP contribution is 2.33. The van der Waals surface area contributed by atoms with Gasteiger partial charge in [-0.25, -0.2) is 0 Å². The Bertz CT molecular complexity index is 463. The van der Waals surface area contributed by atoms with Crippen LogP contribution in [0.5, 0.6) is 5.75 Å². The van der Waals surface area contributed by atoms with E-state index in [1.54, 1.807) is 6.92 Å². The topological polar surface area (TPSA) is 55.5 Å². The lowest BCUT2D eigenvalue weighted by atomic mass is 9.98. The van der Waals surface area contributed by atoms with Gasteiger partial charge in [-0.05, 0) is 49.9 Å². The largest absolute Gasteiger partial charge is 0.494 e. The molecule has 0 aliphatic heterocycles. The van der Waals surface area contributed by atoms with Gasteiger partial charge in [0.2, 0.25) is 0 Å². The molecule has 0 aliphatic rings. The van der Waals surface area contributed by atoms with E-state index in [0.717, 1.165) is 18.6 Å². The fraction of sp³-hybridized carbons (Fsp3) is 0.625. The molecule has 6 heteroatoms. The normalized spacial score (nSPS) is 14.7. The predicted octanol–water partition coefficient (Wildman–Crippen LogP) is 3.53. The van der Waals surface area contributed by atoms with Crippen LogP contribution < -0.4 is 10.5 Å². The summed E-state index contributed by atoms with van der Waals surface area (Å²) in [4.78, 5) is 0. The Morgan fingerprint density at radius 2 is 1.91 bits per heavy atom. The van der Waals surface area contributed by atoms with Crippen molar-refractivity contribution in [3.63, 3.8) is 0 Å². The van der Waals surface area contributed by atoms with E-state index in [-0.39, 0.29) is 12.5 Å². The molecule has 22 heavy (non-hydrogen) atoms. The van der Waals surface area contributed by atoms with Gasteiger partial charge in [0.05, 0.1) is 18.3 Å². The van der Waals surface area contributed by atoms with Crippen LogP contribution in [0.3, 0.4) is 0 Å². The third-order valence-corrected chi connectivity index (χ3v) is 3.51. The molecule has 0 aliphatic carbocycles. The summed E-state index contributed by atoms with van der Waals surface area (Å²) in [5.74, 6) is 0.423. The van der Waals surface area contributed by atoms with Crippen molar-refractivity contribution in [2.75, 3.05) is 6.61 Å². The number of hydrogen-bond acceptors (Lipinski definition) is 3. The van der Waals surface area contributed by atoms with E-state index in [0.29, 0.717) is 30.8 Å². The second-order valence-corrected chi connectivity index (χ2v) is 5.31. The molecule has 1 aromatic rings. The Morgan fingerprint density at radius 1 is 1.23 bits per heavy atom. The summed E-state index contributed by atoms with van der Waals surface area (Å²) in [6.07, 6.45) is -2.99. The van der Waals surface area contributed by atoms with Gasteiger partial charge in [-0.15, -0.1) is 0 Å². The lowest BCUT2D eigenvalue weighted by Crippen LogP contribution is -2.34. The fourth-order valence-corrected chi connectivity index (χ4v) is 2.29. The number of rotatable bonds is 8. The average Bonchev–Trinajstić information content (AvgIpc) is 2.45. The molecule has 0 radical (unpaired) electrons. The van der Waals surface area contributed by atoms with Crippen LogP contribution in [-0.2, 0) is 12.6 Å². The molecule has 0 heterocycles. The lowest BCUT2D eigenvalue weighted by Gasteiger charge is -2.19. The van der Waals surface area contributed by atoms with Crippen molar-refractivity contribution in [3.8, 4) is 5.75 Å². The van der Waals surface area contributed by atoms with Gasteiger partial charge in [-0.1, -0.05) is 13.3 Å². The second-order valence-electron chi connectivity index (χ2n) is 5.31. The minimum Gasteiger partial charge on any atom is -0.494 e. The Labute approximate surface area is 129 Å². The maximum Gasteiger partial charge on any atom is 0.416 e. The van der Waals surface area contributed by atoms with E-state index in [1.165, 1.54) is 6.07 Å². The highest BCUT2D eigenvalue weighted by atomic mass is 19.4. The van der Waals surface area contributed by atoms with Crippen LogP contribution in [0.25, 0.3) is 0 Å². The highest BCUT2D eigenvalue weighted by molar-refractivity contribution is 5.38. The van der Waals surface area contributed by atoms with Gasteiger partial charge in [0, 0.05) is 6.04 Å². The number of benzene rings is 1. The van der Waals surface area contributed by atoms with Gasteiger partial charge in [0.1, 0.15) is 5.75 Å². The molecule has 3 nitrogen and oxygen atoms in total. The molecule has 3 N–H and O–H groups in total. The van der Waals surface area contributed by atoms with Crippen molar-refractivity contribution >= 4 is 0 Å². The predicted molar refractivity (Wildman–Crippen MR) is 79.8 cm³/mol. The van der Waals surface area contributed by atoms with Gasteiger partial charge < -0.3 is 15.6 Å². The first-order valence-corrected chi connectivity index (χ1v) is 7.56. The molecule has 0 fully saturated rings. The van der Waals surface area contributed by atoms with E-state index in [2.05, 4.69) is 0 Å². The molecule has 1 aromatic carbocycles. The zero-order chi connectivity index (χ0) is 16.8. The van der Waals surface area contributed by atoms with Crippen molar-refractivity contribution in [2.45, 2.75) is 57.9 Å². The molecular formula is C16H24F3NO2. The Balaban J connectivity index is 2.86. The van der Waals surface area contributed by atoms with Crippen LogP contribution >= 0.6 is 0 Å². The molecule has 0 spiro atoms. The first kappa shape index (κ1) is 18.8. The molecule has 0 saturated heterocycles. The van der Waals surface area contributed by atoms with E-state index in [9.17, 15) is 18.3 Å². The van der Waals surface area contributed by atoms with Crippen LogP contribution in [0.2, 0.25) is 0 Å². The van der Waals surface area contributed by atoms with Crippen molar-refractivity contribution in [3.05, 3.63) is 29.3 Å². The van der Waals surface area contributed by atoms with Crippen LogP contribution in [0, 0.1) is 0 Å². The molecule has 2 atom stereocenters. The minimum atomic E-state index is -4.39. The number of alkyl halides is 3. The summed E-state index contributed by atoms with van der Waals surface area (Å²) in [7, 11) is 0. The van der Waals surface area contributed by atoms with E-state index in [4.69, 9.17) is 10.5 Å². The highest BCUT2D eigenvalue weighted by Gasteiger charge is 2.31. The zero-order valence-electron chi connectivity index (χ0n) is 13.0. The number of halogens is 3. The van der Waals surface area contributed by atoms with E-state index < -0.39 is 17.8 Å². The lowest BCUT2D eigenvalue weighted by molar-refractivity contribution is -0.137. The zero-order valence-corrected chi connectivity index (χ0v) is 13.0. The van der Waals surface area contributed by atoms with Crippen LogP contribution in [0.4, 0.5) is 13.2 Å². The minimum absolute atomic E-state index is 0.290. The summed E-state index contributed by atoms with van der Waals surface area (Å²) in [6, 6.07) is 3.07. The summed E-state index contributed by atoms with van der Waals surface area (Å²) >= 11 is 0. The Hall–Kier alpha value is -1.27. The van der Waals surface area contributed by atoms with Crippen LogP contribution in [0.15, 0.2) is 18.2 Å². The first-order chi connectivity index (χ1) is 10.3. The van der Waals surface area contributed by atoms with Crippen LogP contribution in [-0.4, -0.2) is 23.9 Å². The molecule has 0 amide bonds. The van der Waals surface area contributed by atoms with Crippen molar-refractivity contribution in [2.24, 2.45) is 5.73 Å². The van der Waals surface area contributed by atoms with Crippen molar-refractivity contribution in [1.29, 1.82) is 0 Å². The summed E-state index contributed by atoms with van der Waals surface area (Å²) in [5, 5.41) is 9.97. The van der Waals surface area contributed by atoms with Gasteiger partial charge >= 0.3 is 6.18 Å². The number of aryl methyl sites for hydroxylation is 1. The number of hydrogen-bond donors (Lipinski definition) is 2. The maximum absolute atomic E-state index is 12.8. The molecule has 126 valence electrons. The Morgan fingerprint density at radius 3 is 2.45 bits per heavy atom. The first-order valence-electron chi connectivity index (χ1n) is 7.56. The molecule has 0 aromatic heterocycles. The standard InChI is InChI=1S/C16H24F3NO2/c1-3-5-13(20)14(21)8-6-11-10-12(16(17,18)19)7-9-15(11)22-4-2/h7,9-10,13-14,21H,3-6,8,20H2,1-2H3. The quantitative estimate of drug-likeness (QED) is 0.771. The smallest absolute Gasteiger partial charge is 0.416 e. The number of nitrogens with two attached hydrogens (primary N) is 1. The van der Waals surface area contributed by atoms with Crippen LogP contribution in [0.1, 0.15) is 44.2 Å². The average molecular weight is 319 g/mol. The van der Waals surface area contributed by atoms with E-state index in [1.807, 2.05) is 6.92 Å². The molecular weight excluding hydrogens is 295 g/mol. The van der Waals surface area contributed by atoms with Gasteiger partial charge in [0.25, 0.3) is 0 Å². The summed E-state index contributed by atoms with van der Waals surface area (Å²) in [6.45, 7) is 4.11. The molecule has 1 rings (SSSR count). The number of aliphatic hydroxyl groups excluding tert-OH is 1.